The van der Waals surface area contributed by atoms with Crippen LogP contribution in [-0.2, 0) is 9.59 Å². The summed E-state index contributed by atoms with van der Waals surface area (Å²) in [7, 11) is 0. The minimum atomic E-state index is -4.49. The van der Waals surface area contributed by atoms with Crippen molar-refractivity contribution in [3.63, 3.8) is 0 Å². The highest BCUT2D eigenvalue weighted by Gasteiger charge is 2.30. The summed E-state index contributed by atoms with van der Waals surface area (Å²) in [6, 6.07) is 0. The van der Waals surface area contributed by atoms with Crippen LogP contribution in [0.2, 0.25) is 0 Å². The van der Waals surface area contributed by atoms with Crippen molar-refractivity contribution in [2.75, 3.05) is 6.54 Å². The van der Waals surface area contributed by atoms with Crippen LogP contribution in [0.15, 0.2) is 0 Å². The van der Waals surface area contributed by atoms with E-state index in [9.17, 15) is 22.8 Å². The Hall–Kier alpha value is -1.27. The average molecular weight is 255 g/mol. The Morgan fingerprint density at radius 3 is 2.35 bits per heavy atom. The highest BCUT2D eigenvalue weighted by atomic mass is 19.4. The van der Waals surface area contributed by atoms with E-state index in [1.54, 1.807) is 6.92 Å². The Labute approximate surface area is 97.2 Å². The number of carboxylic acids is 1. The van der Waals surface area contributed by atoms with E-state index in [4.69, 9.17) is 5.11 Å². The van der Waals surface area contributed by atoms with E-state index in [1.807, 2.05) is 0 Å². The molecule has 0 aliphatic rings. The van der Waals surface area contributed by atoms with Crippen LogP contribution in [0.3, 0.4) is 0 Å². The van der Waals surface area contributed by atoms with Crippen molar-refractivity contribution in [3.05, 3.63) is 0 Å². The van der Waals surface area contributed by atoms with Gasteiger partial charge in [-0.1, -0.05) is 6.92 Å². The van der Waals surface area contributed by atoms with E-state index in [-0.39, 0.29) is 18.9 Å². The molecule has 0 aliphatic heterocycles. The van der Waals surface area contributed by atoms with E-state index in [0.29, 0.717) is 12.8 Å². The smallest absolute Gasteiger partial charge is 0.397 e. The lowest BCUT2D eigenvalue weighted by molar-refractivity contribution is -0.153. The van der Waals surface area contributed by atoms with Crippen molar-refractivity contribution < 1.29 is 27.9 Å². The van der Waals surface area contributed by atoms with Crippen LogP contribution in [0.4, 0.5) is 13.2 Å². The molecule has 0 aliphatic carbocycles. The third kappa shape index (κ3) is 11.0. The van der Waals surface area contributed by atoms with Crippen LogP contribution >= 0.6 is 0 Å². The van der Waals surface area contributed by atoms with Crippen molar-refractivity contribution in [2.24, 2.45) is 5.92 Å². The van der Waals surface area contributed by atoms with Crippen LogP contribution in [-0.4, -0.2) is 29.7 Å². The molecule has 1 atom stereocenters. The number of hydrogen-bond acceptors (Lipinski definition) is 2. The molecule has 17 heavy (non-hydrogen) atoms. The van der Waals surface area contributed by atoms with Gasteiger partial charge in [0.05, 0.1) is 0 Å². The van der Waals surface area contributed by atoms with Crippen LogP contribution in [0.25, 0.3) is 0 Å². The molecular formula is C10H16F3NO3. The minimum Gasteiger partial charge on any atom is -0.481 e. The molecular weight excluding hydrogens is 239 g/mol. The number of rotatable bonds is 7. The van der Waals surface area contributed by atoms with Crippen molar-refractivity contribution in [1.82, 2.24) is 5.32 Å². The van der Waals surface area contributed by atoms with Gasteiger partial charge < -0.3 is 10.4 Å². The van der Waals surface area contributed by atoms with Gasteiger partial charge in [0.1, 0.15) is 6.42 Å². The van der Waals surface area contributed by atoms with Crippen molar-refractivity contribution in [3.8, 4) is 0 Å². The molecule has 0 spiro atoms. The molecule has 4 nitrogen and oxygen atoms in total. The fourth-order valence-corrected chi connectivity index (χ4v) is 1.22. The van der Waals surface area contributed by atoms with Crippen LogP contribution in [0.5, 0.6) is 0 Å². The van der Waals surface area contributed by atoms with Gasteiger partial charge in [0, 0.05) is 13.0 Å². The molecule has 0 aromatic rings. The van der Waals surface area contributed by atoms with Gasteiger partial charge in [-0.05, 0) is 18.8 Å². The van der Waals surface area contributed by atoms with Crippen LogP contribution in [0.1, 0.15) is 32.6 Å². The van der Waals surface area contributed by atoms with E-state index < -0.39 is 24.5 Å². The normalized spacial score (nSPS) is 13.2. The first-order valence-corrected chi connectivity index (χ1v) is 5.26. The summed E-state index contributed by atoms with van der Waals surface area (Å²) in [6.07, 6.45) is -5.02. The lowest BCUT2D eigenvalue weighted by Gasteiger charge is -2.11. The van der Waals surface area contributed by atoms with Gasteiger partial charge in [-0.2, -0.15) is 13.2 Å². The number of hydrogen-bond donors (Lipinski definition) is 2. The number of carboxylic acid groups (broad SMARTS) is 1. The molecule has 0 aromatic carbocycles. The highest BCUT2D eigenvalue weighted by Crippen LogP contribution is 2.18. The molecule has 0 saturated carbocycles. The lowest BCUT2D eigenvalue weighted by atomic mass is 10.0. The minimum absolute atomic E-state index is 0.0255. The zero-order valence-electron chi connectivity index (χ0n) is 9.51. The lowest BCUT2D eigenvalue weighted by Crippen LogP contribution is -2.30. The number of amides is 1. The maximum atomic E-state index is 11.8. The average Bonchev–Trinajstić information content (AvgIpc) is 2.11. The first-order chi connectivity index (χ1) is 7.70. The fraction of sp³-hybridized carbons (Fsp3) is 0.800. The van der Waals surface area contributed by atoms with Gasteiger partial charge in [-0.3, -0.25) is 9.59 Å². The Morgan fingerprint density at radius 2 is 1.88 bits per heavy atom. The summed E-state index contributed by atoms with van der Waals surface area (Å²) in [6.45, 7) is 1.93. The summed E-state index contributed by atoms with van der Waals surface area (Å²) in [5.74, 6) is -1.90. The third-order valence-electron chi connectivity index (χ3n) is 2.17. The maximum Gasteiger partial charge on any atom is 0.397 e. The van der Waals surface area contributed by atoms with E-state index in [0.717, 1.165) is 0 Å². The van der Waals surface area contributed by atoms with Gasteiger partial charge in [0.25, 0.3) is 0 Å². The molecule has 0 saturated heterocycles. The fourth-order valence-electron chi connectivity index (χ4n) is 1.22. The Bertz CT molecular complexity index is 266. The highest BCUT2D eigenvalue weighted by molar-refractivity contribution is 5.76. The second kappa shape index (κ2) is 7.13. The van der Waals surface area contributed by atoms with E-state index in [1.165, 1.54) is 0 Å². The number of nitrogens with one attached hydrogen (secondary N) is 1. The number of aliphatic carboxylic acids is 1. The number of halogens is 3. The van der Waals surface area contributed by atoms with E-state index in [2.05, 4.69) is 5.32 Å². The zero-order chi connectivity index (χ0) is 13.5. The Morgan fingerprint density at radius 1 is 1.29 bits per heavy atom. The van der Waals surface area contributed by atoms with Crippen molar-refractivity contribution in [1.29, 1.82) is 0 Å². The second-order valence-electron chi connectivity index (χ2n) is 3.97. The van der Waals surface area contributed by atoms with Crippen molar-refractivity contribution in [2.45, 2.75) is 38.8 Å². The van der Waals surface area contributed by atoms with Gasteiger partial charge >= 0.3 is 12.1 Å². The predicted molar refractivity (Wildman–Crippen MR) is 54.3 cm³/mol. The molecule has 0 bridgehead atoms. The largest absolute Gasteiger partial charge is 0.481 e. The van der Waals surface area contributed by atoms with Gasteiger partial charge in [0.15, 0.2) is 0 Å². The zero-order valence-corrected chi connectivity index (χ0v) is 9.51. The molecule has 1 amide bonds. The summed E-state index contributed by atoms with van der Waals surface area (Å²) < 4.78 is 35.3. The standard InChI is InChI=1S/C10H16F3NO3/c1-7(2-3-9(16)17)4-5-14-8(15)6-10(11,12)13/h7H,2-6H2,1H3,(H,14,15)(H,16,17). The monoisotopic (exact) mass is 255 g/mol. The second-order valence-corrected chi connectivity index (χ2v) is 3.97. The topological polar surface area (TPSA) is 66.4 Å². The quantitative estimate of drug-likeness (QED) is 0.730. The predicted octanol–water partition coefficient (Wildman–Crippen LogP) is 1.95. The summed E-state index contributed by atoms with van der Waals surface area (Å²) in [5, 5.41) is 10.6. The molecule has 0 radical (unpaired) electrons. The van der Waals surface area contributed by atoms with Gasteiger partial charge in [-0.15, -0.1) is 0 Å². The molecule has 7 heteroatoms. The number of carbonyl (C=O) groups is 2. The summed E-state index contributed by atoms with van der Waals surface area (Å²) in [4.78, 5) is 21.0. The third-order valence-corrected chi connectivity index (χ3v) is 2.17. The molecule has 1 unspecified atom stereocenters. The molecule has 0 rings (SSSR count). The van der Waals surface area contributed by atoms with Gasteiger partial charge in [0.2, 0.25) is 5.91 Å². The molecule has 0 heterocycles. The first-order valence-electron chi connectivity index (χ1n) is 5.26. The number of alkyl halides is 3. The summed E-state index contributed by atoms with van der Waals surface area (Å²) >= 11 is 0. The maximum absolute atomic E-state index is 11.8. The first kappa shape index (κ1) is 15.7. The SMILES string of the molecule is CC(CCNC(=O)CC(F)(F)F)CCC(=O)O. The Balaban J connectivity index is 3.62. The molecule has 0 fully saturated rings. The van der Waals surface area contributed by atoms with Crippen molar-refractivity contribution >= 4 is 11.9 Å². The molecule has 0 aromatic heterocycles. The summed E-state index contributed by atoms with van der Waals surface area (Å²) in [5.41, 5.74) is 0. The van der Waals surface area contributed by atoms with E-state index >= 15 is 0 Å². The van der Waals surface area contributed by atoms with Crippen LogP contribution < -0.4 is 5.32 Å². The molecule has 2 N–H and O–H groups in total. The molecule has 100 valence electrons. The Kier molecular flexibility index (Phi) is 6.60. The number of carbonyl (C=O) groups excluding carboxylic acids is 1. The van der Waals surface area contributed by atoms with Gasteiger partial charge in [-0.25, -0.2) is 0 Å². The van der Waals surface area contributed by atoms with Crippen LogP contribution in [0, 0.1) is 5.92 Å².